The normalized spacial score (nSPS) is 10.9. The van der Waals surface area contributed by atoms with Gasteiger partial charge in [0.15, 0.2) is 5.76 Å². The van der Waals surface area contributed by atoms with E-state index >= 15 is 0 Å². The molecule has 0 spiro atoms. The van der Waals surface area contributed by atoms with Crippen LogP contribution in [-0.2, 0) is 6.42 Å². The number of rotatable bonds is 6. The molecule has 5 nitrogen and oxygen atoms in total. The summed E-state index contributed by atoms with van der Waals surface area (Å²) in [5.74, 6) is 1.29. The van der Waals surface area contributed by atoms with Gasteiger partial charge in [0.05, 0.1) is 0 Å². The summed E-state index contributed by atoms with van der Waals surface area (Å²) in [6.07, 6.45) is 2.36. The van der Waals surface area contributed by atoms with Crippen LogP contribution in [0, 0.1) is 0 Å². The van der Waals surface area contributed by atoms with Crippen molar-refractivity contribution in [1.82, 2.24) is 9.97 Å². The van der Waals surface area contributed by atoms with E-state index in [1.807, 2.05) is 37.4 Å². The number of nitrogens with zero attached hydrogens (tertiary/aromatic N) is 2. The average Bonchev–Trinajstić information content (AvgIpc) is 3.07. The third-order valence-corrected chi connectivity index (χ3v) is 4.78. The summed E-state index contributed by atoms with van der Waals surface area (Å²) in [7, 11) is 1.91. The third kappa shape index (κ3) is 3.59. The second-order valence-electron chi connectivity index (χ2n) is 6.14. The maximum Gasteiger partial charge on any atom is 0.233 e. The highest BCUT2D eigenvalue weighted by molar-refractivity contribution is 6.38. The average molecular weight is 379 g/mol. The van der Waals surface area contributed by atoms with E-state index in [4.69, 9.17) is 16.0 Å². The van der Waals surface area contributed by atoms with E-state index in [2.05, 4.69) is 44.9 Å². The minimum Gasteiger partial charge on any atom is -0.436 e. The molecular weight excluding hydrogens is 360 g/mol. The maximum absolute atomic E-state index is 6.61. The lowest BCUT2D eigenvalue weighted by atomic mass is 10.1. The van der Waals surface area contributed by atoms with Crippen LogP contribution in [0.2, 0.25) is 5.02 Å². The van der Waals surface area contributed by atoms with Gasteiger partial charge in [0.25, 0.3) is 0 Å². The molecular formula is C21H19ClN4O. The van der Waals surface area contributed by atoms with E-state index < -0.39 is 0 Å². The molecule has 0 saturated heterocycles. The van der Waals surface area contributed by atoms with Crippen molar-refractivity contribution in [2.45, 2.75) is 6.42 Å². The standard InChI is InChI=1S/C21H19ClN4O/c1-23-16-9-7-14(8-10-16)11-12-24-20-17-18(22)19(15-5-3-2-4-6-15)27-21(17)26-13-25-20/h2-10,13,23H,11-12H2,1H3,(H,24,25,26). The molecule has 6 heteroatoms. The summed E-state index contributed by atoms with van der Waals surface area (Å²) in [4.78, 5) is 8.58. The number of nitrogens with one attached hydrogen (secondary N) is 2. The van der Waals surface area contributed by atoms with Gasteiger partial charge >= 0.3 is 0 Å². The summed E-state index contributed by atoms with van der Waals surface area (Å²) >= 11 is 6.61. The Labute approximate surface area is 162 Å². The highest BCUT2D eigenvalue weighted by Gasteiger charge is 2.18. The highest BCUT2D eigenvalue weighted by Crippen LogP contribution is 2.39. The summed E-state index contributed by atoms with van der Waals surface area (Å²) in [6, 6.07) is 18.1. The van der Waals surface area contributed by atoms with Crippen LogP contribution in [0.25, 0.3) is 22.4 Å². The van der Waals surface area contributed by atoms with Gasteiger partial charge in [-0.05, 0) is 24.1 Å². The number of anilines is 2. The molecule has 0 aliphatic carbocycles. The second kappa shape index (κ2) is 7.68. The fourth-order valence-corrected chi connectivity index (χ4v) is 3.29. The molecule has 27 heavy (non-hydrogen) atoms. The minimum absolute atomic E-state index is 0.481. The van der Waals surface area contributed by atoms with E-state index in [1.54, 1.807) is 0 Å². The van der Waals surface area contributed by atoms with Crippen molar-refractivity contribution < 1.29 is 4.42 Å². The van der Waals surface area contributed by atoms with Crippen LogP contribution in [0.3, 0.4) is 0 Å². The number of fused-ring (bicyclic) bond motifs is 1. The quantitative estimate of drug-likeness (QED) is 0.480. The Morgan fingerprint density at radius 3 is 2.52 bits per heavy atom. The number of hydrogen-bond donors (Lipinski definition) is 2. The first kappa shape index (κ1) is 17.4. The first-order valence-corrected chi connectivity index (χ1v) is 9.13. The van der Waals surface area contributed by atoms with Crippen molar-refractivity contribution in [3.63, 3.8) is 0 Å². The van der Waals surface area contributed by atoms with E-state index in [-0.39, 0.29) is 0 Å². The molecule has 2 N–H and O–H groups in total. The predicted molar refractivity (Wildman–Crippen MR) is 110 cm³/mol. The molecule has 0 aliphatic heterocycles. The van der Waals surface area contributed by atoms with Crippen LogP contribution < -0.4 is 10.6 Å². The van der Waals surface area contributed by atoms with Gasteiger partial charge in [-0.3, -0.25) is 0 Å². The Bertz CT molecular complexity index is 1050. The Kier molecular flexibility index (Phi) is 4.94. The first-order valence-electron chi connectivity index (χ1n) is 8.75. The van der Waals surface area contributed by atoms with Gasteiger partial charge in [-0.2, -0.15) is 0 Å². The number of benzene rings is 2. The van der Waals surface area contributed by atoms with Crippen molar-refractivity contribution in [3.05, 3.63) is 71.5 Å². The zero-order valence-corrected chi connectivity index (χ0v) is 15.6. The SMILES string of the molecule is CNc1ccc(CCNc2ncnc3oc(-c4ccccc4)c(Cl)c23)cc1. The molecule has 4 aromatic rings. The van der Waals surface area contributed by atoms with Crippen LogP contribution in [0.4, 0.5) is 11.5 Å². The molecule has 2 heterocycles. The predicted octanol–water partition coefficient (Wildman–Crippen LogP) is 5.24. The molecule has 0 fully saturated rings. The summed E-state index contributed by atoms with van der Waals surface area (Å²) in [5.41, 5.74) is 3.74. The summed E-state index contributed by atoms with van der Waals surface area (Å²) in [5, 5.41) is 7.72. The van der Waals surface area contributed by atoms with Crippen molar-refractivity contribution in [2.24, 2.45) is 0 Å². The summed E-state index contributed by atoms with van der Waals surface area (Å²) in [6.45, 7) is 0.729. The van der Waals surface area contributed by atoms with Gasteiger partial charge in [-0.25, -0.2) is 9.97 Å². The van der Waals surface area contributed by atoms with Gasteiger partial charge in [0.1, 0.15) is 22.6 Å². The van der Waals surface area contributed by atoms with Crippen molar-refractivity contribution in [3.8, 4) is 11.3 Å². The topological polar surface area (TPSA) is 63.0 Å². The fraction of sp³-hybridized carbons (Fsp3) is 0.143. The molecule has 0 atom stereocenters. The lowest BCUT2D eigenvalue weighted by Crippen LogP contribution is -2.07. The van der Waals surface area contributed by atoms with Crippen molar-refractivity contribution in [2.75, 3.05) is 24.2 Å². The smallest absolute Gasteiger partial charge is 0.233 e. The van der Waals surface area contributed by atoms with Gasteiger partial charge in [-0.1, -0.05) is 54.1 Å². The largest absolute Gasteiger partial charge is 0.436 e. The third-order valence-electron chi connectivity index (χ3n) is 4.41. The summed E-state index contributed by atoms with van der Waals surface area (Å²) < 4.78 is 5.89. The molecule has 0 amide bonds. The lowest BCUT2D eigenvalue weighted by Gasteiger charge is -2.07. The van der Waals surface area contributed by atoms with Gasteiger partial charge < -0.3 is 15.1 Å². The molecule has 0 bridgehead atoms. The van der Waals surface area contributed by atoms with Gasteiger partial charge in [0, 0.05) is 24.8 Å². The van der Waals surface area contributed by atoms with Crippen molar-refractivity contribution in [1.29, 1.82) is 0 Å². The number of furan rings is 1. The molecule has 0 aliphatic rings. The fourth-order valence-electron chi connectivity index (χ4n) is 2.97. The maximum atomic E-state index is 6.61. The lowest BCUT2D eigenvalue weighted by molar-refractivity contribution is 0.617. The Morgan fingerprint density at radius 2 is 1.78 bits per heavy atom. The molecule has 0 radical (unpaired) electrons. The second-order valence-corrected chi connectivity index (χ2v) is 6.52. The molecule has 2 aromatic heterocycles. The molecule has 0 saturated carbocycles. The van der Waals surface area contributed by atoms with Crippen LogP contribution in [0.1, 0.15) is 5.56 Å². The number of aromatic nitrogens is 2. The van der Waals surface area contributed by atoms with Crippen LogP contribution in [0.15, 0.2) is 65.3 Å². The van der Waals surface area contributed by atoms with Crippen LogP contribution in [-0.4, -0.2) is 23.6 Å². The van der Waals surface area contributed by atoms with E-state index in [0.29, 0.717) is 27.7 Å². The highest BCUT2D eigenvalue weighted by atomic mass is 35.5. The Hall–Kier alpha value is -3.05. The number of hydrogen-bond acceptors (Lipinski definition) is 5. The minimum atomic E-state index is 0.481. The van der Waals surface area contributed by atoms with Crippen LogP contribution >= 0.6 is 11.6 Å². The molecule has 0 unspecified atom stereocenters. The zero-order valence-electron chi connectivity index (χ0n) is 14.9. The Balaban J connectivity index is 1.56. The Morgan fingerprint density at radius 1 is 1.00 bits per heavy atom. The molecule has 4 rings (SSSR count). The zero-order chi connectivity index (χ0) is 18.6. The molecule has 136 valence electrons. The van der Waals surface area contributed by atoms with Gasteiger partial charge in [0.2, 0.25) is 5.71 Å². The van der Waals surface area contributed by atoms with Gasteiger partial charge in [-0.15, -0.1) is 0 Å². The van der Waals surface area contributed by atoms with Crippen LogP contribution in [0.5, 0.6) is 0 Å². The number of halogens is 1. The van der Waals surface area contributed by atoms with E-state index in [0.717, 1.165) is 24.2 Å². The van der Waals surface area contributed by atoms with E-state index in [1.165, 1.54) is 11.9 Å². The first-order chi connectivity index (χ1) is 13.3. The van der Waals surface area contributed by atoms with E-state index in [9.17, 15) is 0 Å². The monoisotopic (exact) mass is 378 g/mol. The van der Waals surface area contributed by atoms with Crippen molar-refractivity contribution >= 4 is 34.2 Å². The molecule has 2 aromatic carbocycles.